The predicted molar refractivity (Wildman–Crippen MR) is 81.0 cm³/mol. The Hall–Kier alpha value is -1.40. The summed E-state index contributed by atoms with van der Waals surface area (Å²) in [6, 6.07) is 0. The Labute approximate surface area is 130 Å². The molecule has 22 heavy (non-hydrogen) atoms. The fourth-order valence-corrected chi connectivity index (χ4v) is 4.26. The number of rotatable bonds is 3. The molecule has 1 saturated heterocycles. The Morgan fingerprint density at radius 1 is 1.59 bits per heavy atom. The van der Waals surface area contributed by atoms with Gasteiger partial charge in [-0.05, 0) is 20.3 Å². The van der Waals surface area contributed by atoms with Gasteiger partial charge in [-0.25, -0.2) is 0 Å². The van der Waals surface area contributed by atoms with Gasteiger partial charge in [0.25, 0.3) is 0 Å². The summed E-state index contributed by atoms with van der Waals surface area (Å²) < 4.78 is 7.88. The highest BCUT2D eigenvalue weighted by molar-refractivity contribution is 5.88. The van der Waals surface area contributed by atoms with Crippen molar-refractivity contribution in [1.29, 1.82) is 0 Å². The van der Waals surface area contributed by atoms with Crippen LogP contribution in [-0.2, 0) is 29.2 Å². The van der Waals surface area contributed by atoms with Crippen LogP contribution in [-0.4, -0.2) is 46.4 Å². The zero-order valence-corrected chi connectivity index (χ0v) is 13.6. The molecule has 2 aliphatic heterocycles. The Morgan fingerprint density at radius 3 is 3.09 bits per heavy atom. The van der Waals surface area contributed by atoms with Gasteiger partial charge in [0.2, 0.25) is 5.91 Å². The van der Waals surface area contributed by atoms with Crippen LogP contribution in [0.15, 0.2) is 6.20 Å². The second-order valence-electron chi connectivity index (χ2n) is 7.37. The minimum absolute atomic E-state index is 0.226. The van der Waals surface area contributed by atoms with Crippen LogP contribution in [0.2, 0.25) is 0 Å². The van der Waals surface area contributed by atoms with E-state index in [9.17, 15) is 4.79 Å². The monoisotopic (exact) mass is 304 g/mol. The van der Waals surface area contributed by atoms with E-state index >= 15 is 0 Å². The van der Waals surface area contributed by atoms with E-state index in [1.165, 1.54) is 5.69 Å². The molecule has 3 heterocycles. The van der Waals surface area contributed by atoms with Gasteiger partial charge in [0.15, 0.2) is 0 Å². The largest absolute Gasteiger partial charge is 0.374 e. The molecule has 2 unspecified atom stereocenters. The average molecular weight is 304 g/mol. The predicted octanol–water partition coefficient (Wildman–Crippen LogP) is 0.760. The summed E-state index contributed by atoms with van der Waals surface area (Å²) in [7, 11) is 1.90. The molecule has 0 bridgehead atoms. The van der Waals surface area contributed by atoms with E-state index in [1.807, 2.05) is 22.8 Å². The first-order valence-corrected chi connectivity index (χ1v) is 8.09. The van der Waals surface area contributed by atoms with Crippen LogP contribution in [0.5, 0.6) is 0 Å². The van der Waals surface area contributed by atoms with Crippen LogP contribution in [0.1, 0.15) is 31.5 Å². The van der Waals surface area contributed by atoms with Gasteiger partial charge < -0.3 is 15.0 Å². The van der Waals surface area contributed by atoms with E-state index in [-0.39, 0.29) is 16.9 Å². The van der Waals surface area contributed by atoms with E-state index in [1.54, 1.807) is 0 Å². The van der Waals surface area contributed by atoms with Crippen LogP contribution < -0.4 is 5.32 Å². The van der Waals surface area contributed by atoms with Crippen molar-refractivity contribution in [2.24, 2.45) is 11.3 Å². The third kappa shape index (κ3) is 1.80. The van der Waals surface area contributed by atoms with Gasteiger partial charge >= 0.3 is 0 Å². The first-order chi connectivity index (χ1) is 10.5. The molecular formula is C16H24N4O2. The van der Waals surface area contributed by atoms with E-state index < -0.39 is 0 Å². The summed E-state index contributed by atoms with van der Waals surface area (Å²) in [4.78, 5) is 14.9. The van der Waals surface area contributed by atoms with E-state index in [0.29, 0.717) is 12.5 Å². The molecule has 120 valence electrons. The lowest BCUT2D eigenvalue weighted by Crippen LogP contribution is -2.45. The molecule has 1 aliphatic carbocycles. The molecule has 1 aromatic heterocycles. The average Bonchev–Trinajstić information content (AvgIpc) is 3.04. The number of amides is 1. The van der Waals surface area contributed by atoms with Gasteiger partial charge in [-0.2, -0.15) is 5.10 Å². The van der Waals surface area contributed by atoms with Crippen LogP contribution in [0, 0.1) is 11.3 Å². The molecular weight excluding hydrogens is 280 g/mol. The number of hydrogen-bond donors (Lipinski definition) is 1. The lowest BCUT2D eigenvalue weighted by atomic mass is 9.85. The number of carbonyl (C=O) groups excluding carboxylic acids is 1. The minimum atomic E-state index is -0.344. The number of nitrogens with zero attached hydrogens (tertiary/aromatic N) is 3. The fourth-order valence-electron chi connectivity index (χ4n) is 4.26. The van der Waals surface area contributed by atoms with Gasteiger partial charge in [0.05, 0.1) is 36.1 Å². The van der Waals surface area contributed by atoms with Gasteiger partial charge in [0, 0.05) is 38.2 Å². The van der Waals surface area contributed by atoms with Crippen molar-refractivity contribution in [3.05, 3.63) is 17.5 Å². The van der Waals surface area contributed by atoms with Crippen LogP contribution in [0.3, 0.4) is 0 Å². The maximum atomic E-state index is 13.0. The number of hydrogen-bond acceptors (Lipinski definition) is 4. The van der Waals surface area contributed by atoms with Crippen molar-refractivity contribution in [2.75, 3.05) is 20.2 Å². The second-order valence-corrected chi connectivity index (χ2v) is 7.37. The fraction of sp³-hybridized carbons (Fsp3) is 0.750. The van der Waals surface area contributed by atoms with Crippen molar-refractivity contribution in [2.45, 2.75) is 45.5 Å². The molecule has 6 nitrogen and oxygen atoms in total. The zero-order chi connectivity index (χ0) is 15.5. The molecule has 0 aromatic carbocycles. The number of fused-ring (bicyclic) bond motifs is 2. The molecule has 1 N–H and O–H groups in total. The van der Waals surface area contributed by atoms with Gasteiger partial charge in [-0.1, -0.05) is 0 Å². The minimum Gasteiger partial charge on any atom is -0.374 e. The molecule has 0 radical (unpaired) electrons. The SMILES string of the molecule is CN(Cc1cnn2c1CNCC2)C(=O)C12CC1COC2(C)C. The summed E-state index contributed by atoms with van der Waals surface area (Å²) in [5.74, 6) is 0.629. The molecule has 1 amide bonds. The Kier molecular flexibility index (Phi) is 2.94. The van der Waals surface area contributed by atoms with Crippen molar-refractivity contribution in [3.8, 4) is 0 Å². The van der Waals surface area contributed by atoms with Crippen molar-refractivity contribution in [3.63, 3.8) is 0 Å². The third-order valence-electron chi connectivity index (χ3n) is 5.79. The van der Waals surface area contributed by atoms with Crippen LogP contribution >= 0.6 is 0 Å². The molecule has 2 fully saturated rings. The molecule has 1 aromatic rings. The molecule has 6 heteroatoms. The lowest BCUT2D eigenvalue weighted by molar-refractivity contribution is -0.144. The highest BCUT2D eigenvalue weighted by atomic mass is 16.5. The first kappa shape index (κ1) is 14.2. The van der Waals surface area contributed by atoms with Gasteiger partial charge in [0.1, 0.15) is 0 Å². The smallest absolute Gasteiger partial charge is 0.232 e. The normalized spacial score (nSPS) is 31.5. The van der Waals surface area contributed by atoms with E-state index in [2.05, 4.69) is 24.3 Å². The summed E-state index contributed by atoms with van der Waals surface area (Å²) in [6.45, 7) is 8.15. The standard InChI is InChI=1S/C16H24N4O2/c1-15(2)16(6-12(16)10-22-15)14(21)19(3)9-11-7-18-20-5-4-17-8-13(11)20/h7,12,17H,4-6,8-10H2,1-3H3. The lowest BCUT2D eigenvalue weighted by Gasteiger charge is -2.32. The molecule has 3 aliphatic rings. The molecule has 0 spiro atoms. The van der Waals surface area contributed by atoms with Crippen molar-refractivity contribution >= 4 is 5.91 Å². The first-order valence-electron chi connectivity index (χ1n) is 8.09. The Balaban J connectivity index is 1.52. The van der Waals surface area contributed by atoms with E-state index in [0.717, 1.165) is 38.2 Å². The topological polar surface area (TPSA) is 59.4 Å². The molecule has 2 atom stereocenters. The maximum absolute atomic E-state index is 13.0. The number of aromatic nitrogens is 2. The van der Waals surface area contributed by atoms with Crippen LogP contribution in [0.4, 0.5) is 0 Å². The quantitative estimate of drug-likeness (QED) is 0.896. The molecule has 4 rings (SSSR count). The summed E-state index contributed by atoms with van der Waals surface area (Å²) >= 11 is 0. The summed E-state index contributed by atoms with van der Waals surface area (Å²) in [5, 5.41) is 7.81. The van der Waals surface area contributed by atoms with Gasteiger partial charge in [-0.15, -0.1) is 0 Å². The summed E-state index contributed by atoms with van der Waals surface area (Å²) in [5.41, 5.74) is 1.71. The number of ether oxygens (including phenoxy) is 1. The highest BCUT2D eigenvalue weighted by Gasteiger charge is 2.73. The van der Waals surface area contributed by atoms with E-state index in [4.69, 9.17) is 4.74 Å². The van der Waals surface area contributed by atoms with Gasteiger partial charge in [-0.3, -0.25) is 9.48 Å². The summed E-state index contributed by atoms with van der Waals surface area (Å²) in [6.07, 6.45) is 2.88. The third-order valence-corrected chi connectivity index (χ3v) is 5.79. The highest BCUT2D eigenvalue weighted by Crippen LogP contribution is 2.66. The molecule has 1 saturated carbocycles. The van der Waals surface area contributed by atoms with Crippen molar-refractivity contribution in [1.82, 2.24) is 20.0 Å². The Morgan fingerprint density at radius 2 is 2.41 bits per heavy atom. The van der Waals surface area contributed by atoms with Crippen molar-refractivity contribution < 1.29 is 9.53 Å². The number of carbonyl (C=O) groups is 1. The second kappa shape index (κ2) is 4.55. The number of nitrogens with one attached hydrogen (secondary N) is 1. The van der Waals surface area contributed by atoms with Crippen LogP contribution in [0.25, 0.3) is 0 Å². The Bertz CT molecular complexity index is 624. The zero-order valence-electron chi connectivity index (χ0n) is 13.6. The maximum Gasteiger partial charge on any atom is 0.232 e.